The van der Waals surface area contributed by atoms with Crippen LogP contribution in [0.5, 0.6) is 11.5 Å². The van der Waals surface area contributed by atoms with Crippen LogP contribution in [0.15, 0.2) is 18.2 Å². The molecular weight excluding hydrogens is 569 g/mol. The highest BCUT2D eigenvalue weighted by atomic mass is 127. The van der Waals surface area contributed by atoms with Gasteiger partial charge in [-0.1, -0.05) is 12.5 Å². The highest BCUT2D eigenvalue weighted by Crippen LogP contribution is 2.36. The lowest BCUT2D eigenvalue weighted by atomic mass is 9.89. The third-order valence-electron chi connectivity index (χ3n) is 6.68. The van der Waals surface area contributed by atoms with E-state index < -0.39 is 36.1 Å². The van der Waals surface area contributed by atoms with E-state index in [1.165, 1.54) is 19.1 Å². The Kier molecular flexibility index (Phi) is 9.37. The zero-order chi connectivity index (χ0) is 25.7. The van der Waals surface area contributed by atoms with E-state index in [2.05, 4.69) is 22.6 Å². The highest BCUT2D eigenvalue weighted by Gasteiger charge is 2.41. The van der Waals surface area contributed by atoms with E-state index in [9.17, 15) is 19.2 Å². The number of benzene rings is 1. The number of halogens is 1. The molecule has 10 heteroatoms. The van der Waals surface area contributed by atoms with E-state index in [4.69, 9.17) is 18.9 Å². The molecule has 1 saturated heterocycles. The van der Waals surface area contributed by atoms with Gasteiger partial charge in [-0.25, -0.2) is 4.79 Å². The van der Waals surface area contributed by atoms with E-state index >= 15 is 0 Å². The number of rotatable bonds is 9. The molecular formula is C25H32INO8. The number of ketones is 1. The lowest BCUT2D eigenvalue weighted by Gasteiger charge is -2.26. The van der Waals surface area contributed by atoms with Crippen molar-refractivity contribution in [2.24, 2.45) is 11.8 Å². The number of hydrogen-bond donors (Lipinski definition) is 0. The van der Waals surface area contributed by atoms with E-state index in [1.807, 2.05) is 0 Å². The first-order valence-electron chi connectivity index (χ1n) is 11.8. The summed E-state index contributed by atoms with van der Waals surface area (Å²) in [5.74, 6) is -1.18. The third-order valence-corrected chi connectivity index (χ3v) is 7.74. The highest BCUT2D eigenvalue weighted by molar-refractivity contribution is 14.1. The van der Waals surface area contributed by atoms with Gasteiger partial charge in [-0.3, -0.25) is 14.4 Å². The number of carbonyl (C=O) groups excluding carboxylic acids is 4. The van der Waals surface area contributed by atoms with Crippen LogP contribution in [0, 0.1) is 15.4 Å². The van der Waals surface area contributed by atoms with Gasteiger partial charge in [0.05, 0.1) is 23.7 Å². The van der Waals surface area contributed by atoms with Crippen molar-refractivity contribution in [2.45, 2.75) is 64.2 Å². The fourth-order valence-corrected chi connectivity index (χ4v) is 5.46. The second-order valence-electron chi connectivity index (χ2n) is 8.87. The molecule has 1 aliphatic heterocycles. The van der Waals surface area contributed by atoms with Crippen LogP contribution < -0.4 is 9.47 Å². The van der Waals surface area contributed by atoms with Gasteiger partial charge >= 0.3 is 11.9 Å². The molecule has 0 aromatic heterocycles. The molecule has 1 aromatic carbocycles. The van der Waals surface area contributed by atoms with Crippen LogP contribution in [0.3, 0.4) is 0 Å². The van der Waals surface area contributed by atoms with Crippen molar-refractivity contribution in [1.82, 2.24) is 4.90 Å². The molecule has 0 radical (unpaired) electrons. The molecule has 0 N–H and O–H groups in total. The summed E-state index contributed by atoms with van der Waals surface area (Å²) in [6.07, 6.45) is 1.76. The summed E-state index contributed by atoms with van der Waals surface area (Å²) in [4.78, 5) is 51.6. The maximum atomic E-state index is 13.0. The molecule has 192 valence electrons. The zero-order valence-corrected chi connectivity index (χ0v) is 22.6. The molecule has 1 saturated carbocycles. The molecule has 1 amide bonds. The Bertz CT molecular complexity index is 895. The van der Waals surface area contributed by atoms with Crippen molar-refractivity contribution in [3.63, 3.8) is 0 Å². The van der Waals surface area contributed by atoms with Gasteiger partial charge in [0.2, 0.25) is 0 Å². The number of methoxy groups -OCH3 is 2. The van der Waals surface area contributed by atoms with Crippen LogP contribution in [0.2, 0.25) is 0 Å². The maximum absolute atomic E-state index is 13.0. The topological polar surface area (TPSA) is 108 Å². The molecule has 1 aliphatic carbocycles. The first kappa shape index (κ1) is 27.2. The van der Waals surface area contributed by atoms with Crippen LogP contribution in [-0.2, 0) is 28.7 Å². The predicted molar refractivity (Wildman–Crippen MR) is 134 cm³/mol. The average molecular weight is 601 g/mol. The Morgan fingerprint density at radius 1 is 0.886 bits per heavy atom. The number of carbonyl (C=O) groups is 4. The first-order valence-corrected chi connectivity index (χ1v) is 12.9. The van der Waals surface area contributed by atoms with E-state index in [0.29, 0.717) is 40.9 Å². The summed E-state index contributed by atoms with van der Waals surface area (Å²) >= 11 is 2.06. The van der Waals surface area contributed by atoms with E-state index in [0.717, 1.165) is 12.8 Å². The molecule has 5 atom stereocenters. The van der Waals surface area contributed by atoms with Crippen LogP contribution in [-0.4, -0.2) is 67.5 Å². The van der Waals surface area contributed by atoms with Crippen LogP contribution in [0.4, 0.5) is 0 Å². The molecule has 0 bridgehead atoms. The Balaban J connectivity index is 1.67. The van der Waals surface area contributed by atoms with Crippen molar-refractivity contribution in [1.29, 1.82) is 0 Å². The van der Waals surface area contributed by atoms with Crippen LogP contribution in [0.25, 0.3) is 0 Å². The Morgan fingerprint density at radius 3 is 2.11 bits per heavy atom. The summed E-state index contributed by atoms with van der Waals surface area (Å²) in [6, 6.07) is 4.58. The van der Waals surface area contributed by atoms with Gasteiger partial charge in [0, 0.05) is 12.5 Å². The number of esters is 2. The fraction of sp³-hybridized carbons (Fsp3) is 0.600. The van der Waals surface area contributed by atoms with Gasteiger partial charge in [0.1, 0.15) is 17.5 Å². The summed E-state index contributed by atoms with van der Waals surface area (Å²) in [6.45, 7) is 3.78. The molecule has 1 aromatic rings. The fourth-order valence-electron chi connectivity index (χ4n) is 4.84. The van der Waals surface area contributed by atoms with E-state index in [1.54, 1.807) is 32.0 Å². The Labute approximate surface area is 218 Å². The molecule has 0 spiro atoms. The number of hydrogen-bond acceptors (Lipinski definition) is 8. The number of likely N-dealkylation sites (tertiary alicyclic amines) is 1. The van der Waals surface area contributed by atoms with Gasteiger partial charge < -0.3 is 23.8 Å². The normalized spacial score (nSPS) is 23.3. The minimum Gasteiger partial charge on any atom is -0.482 e. The Hall–Kier alpha value is -2.37. The summed E-state index contributed by atoms with van der Waals surface area (Å²) in [5, 5.41) is 0. The van der Waals surface area contributed by atoms with Gasteiger partial charge in [-0.15, -0.1) is 0 Å². The lowest BCUT2D eigenvalue weighted by Crippen LogP contribution is -2.46. The van der Waals surface area contributed by atoms with Crippen molar-refractivity contribution in [3.05, 3.63) is 21.8 Å². The summed E-state index contributed by atoms with van der Waals surface area (Å²) in [7, 11) is 2.65. The van der Waals surface area contributed by atoms with Gasteiger partial charge in [0.15, 0.2) is 18.0 Å². The largest absolute Gasteiger partial charge is 0.482 e. The van der Waals surface area contributed by atoms with Crippen molar-refractivity contribution >= 4 is 46.2 Å². The third kappa shape index (κ3) is 6.07. The molecule has 2 aliphatic rings. The smallest absolute Gasteiger partial charge is 0.328 e. The van der Waals surface area contributed by atoms with E-state index in [-0.39, 0.29) is 17.7 Å². The number of amides is 1. The standard InChI is InChI=1S/C25H32INO8/c1-14(22(28)16-8-5-9-17(16)24(30)32-3)34-19-11-6-12-20(21(19)26)35-15(2)23(29)27-13-7-10-18(27)25(31)33-4/h6,11-12,14-18H,5,7-10,13H2,1-4H3/t14-,15-,16?,17-,18+/m1/s1. The second-order valence-corrected chi connectivity index (χ2v) is 9.95. The number of ether oxygens (including phenoxy) is 4. The van der Waals surface area contributed by atoms with Crippen LogP contribution in [0.1, 0.15) is 46.0 Å². The molecule has 1 heterocycles. The number of nitrogens with zero attached hydrogens (tertiary/aromatic N) is 1. The predicted octanol–water partition coefficient (Wildman–Crippen LogP) is 3.15. The zero-order valence-electron chi connectivity index (χ0n) is 20.5. The molecule has 2 fully saturated rings. The van der Waals surface area contributed by atoms with Gasteiger partial charge in [-0.05, 0) is 74.3 Å². The molecule has 35 heavy (non-hydrogen) atoms. The van der Waals surface area contributed by atoms with Gasteiger partial charge in [0.25, 0.3) is 5.91 Å². The quantitative estimate of drug-likeness (QED) is 0.314. The monoisotopic (exact) mass is 601 g/mol. The molecule has 9 nitrogen and oxygen atoms in total. The summed E-state index contributed by atoms with van der Waals surface area (Å²) < 4.78 is 22.2. The number of Topliss-reactive ketones (excluding diaryl/α,β-unsaturated/α-hetero) is 1. The van der Waals surface area contributed by atoms with Crippen molar-refractivity contribution in [2.75, 3.05) is 20.8 Å². The first-order chi connectivity index (χ1) is 16.7. The maximum Gasteiger partial charge on any atom is 0.328 e. The molecule has 3 rings (SSSR count). The lowest BCUT2D eigenvalue weighted by molar-refractivity contribution is -0.153. The SMILES string of the molecule is COC(=O)[C@@H]1CCCC1C(=O)[C@@H](C)Oc1cccc(O[C@H](C)C(=O)N2CCC[C@H]2C(=O)OC)c1I. The second kappa shape index (κ2) is 12.0. The van der Waals surface area contributed by atoms with Crippen LogP contribution >= 0.6 is 22.6 Å². The minimum atomic E-state index is -0.831. The van der Waals surface area contributed by atoms with Crippen molar-refractivity contribution < 1.29 is 38.1 Å². The molecule has 1 unspecified atom stereocenters. The minimum absolute atomic E-state index is 0.133. The average Bonchev–Trinajstić information content (AvgIpc) is 3.54. The Morgan fingerprint density at radius 2 is 1.49 bits per heavy atom. The summed E-state index contributed by atoms with van der Waals surface area (Å²) in [5.41, 5.74) is 0. The van der Waals surface area contributed by atoms with Gasteiger partial charge in [-0.2, -0.15) is 0 Å². The van der Waals surface area contributed by atoms with Crippen molar-refractivity contribution in [3.8, 4) is 11.5 Å².